The molecule has 0 unspecified atom stereocenters. The molecule has 0 atom stereocenters. The Morgan fingerprint density at radius 3 is 2.28 bits per heavy atom. The molecule has 25 heavy (non-hydrogen) atoms. The number of rotatable bonds is 8. The second-order valence-electron chi connectivity index (χ2n) is 6.98. The number of benzene rings is 1. The lowest BCUT2D eigenvalue weighted by Crippen LogP contribution is -2.45. The van der Waals surface area contributed by atoms with Crippen molar-refractivity contribution >= 4 is 11.6 Å². The second-order valence-corrected chi connectivity index (χ2v) is 6.98. The lowest BCUT2D eigenvalue weighted by Gasteiger charge is -2.33. The van der Waals surface area contributed by atoms with E-state index in [2.05, 4.69) is 10.6 Å². The normalized spacial score (nSPS) is 18.1. The summed E-state index contributed by atoms with van der Waals surface area (Å²) >= 11 is 0. The Hall–Kier alpha value is -1.95. The van der Waals surface area contributed by atoms with E-state index < -0.39 is 0 Å². The van der Waals surface area contributed by atoms with Crippen LogP contribution < -0.4 is 20.1 Å². The van der Waals surface area contributed by atoms with E-state index in [-0.39, 0.29) is 5.91 Å². The van der Waals surface area contributed by atoms with Crippen LogP contribution in [0.4, 0.5) is 5.69 Å². The number of amides is 1. The predicted molar refractivity (Wildman–Crippen MR) is 98.4 cm³/mol. The molecule has 1 heterocycles. The summed E-state index contributed by atoms with van der Waals surface area (Å²) in [6.45, 7) is 3.08. The van der Waals surface area contributed by atoms with Crippen molar-refractivity contribution in [3.63, 3.8) is 0 Å². The van der Waals surface area contributed by atoms with Crippen molar-refractivity contribution in [1.82, 2.24) is 10.2 Å². The van der Waals surface area contributed by atoms with Crippen LogP contribution in [0.1, 0.15) is 25.7 Å². The van der Waals surface area contributed by atoms with E-state index in [1.165, 1.54) is 12.8 Å². The molecule has 2 N–H and O–H groups in total. The molecule has 3 rings (SSSR count). The number of anilines is 1. The van der Waals surface area contributed by atoms with E-state index in [1.54, 1.807) is 14.2 Å². The van der Waals surface area contributed by atoms with Gasteiger partial charge < -0.3 is 25.0 Å². The Balaban J connectivity index is 1.44. The van der Waals surface area contributed by atoms with Crippen LogP contribution in [0.3, 0.4) is 0 Å². The third-order valence-corrected chi connectivity index (χ3v) is 4.98. The van der Waals surface area contributed by atoms with Gasteiger partial charge in [0.05, 0.1) is 20.8 Å². The summed E-state index contributed by atoms with van der Waals surface area (Å²) in [6.07, 6.45) is 4.53. The number of hydrogen-bond donors (Lipinski definition) is 2. The van der Waals surface area contributed by atoms with Crippen LogP contribution in [0.25, 0.3) is 0 Å². The average Bonchev–Trinajstić information content (AvgIpc) is 3.46. The molecule has 138 valence electrons. The molecule has 0 radical (unpaired) electrons. The summed E-state index contributed by atoms with van der Waals surface area (Å²) in [4.78, 5) is 14.2. The smallest absolute Gasteiger partial charge is 0.236 e. The lowest BCUT2D eigenvalue weighted by atomic mass is 10.0. The van der Waals surface area contributed by atoms with Crippen LogP contribution in [0, 0.1) is 5.92 Å². The first kappa shape index (κ1) is 17.9. The van der Waals surface area contributed by atoms with Crippen molar-refractivity contribution in [3.05, 3.63) is 18.2 Å². The van der Waals surface area contributed by atoms with Crippen LogP contribution in [-0.4, -0.2) is 57.2 Å². The van der Waals surface area contributed by atoms with Crippen molar-refractivity contribution in [2.24, 2.45) is 5.92 Å². The van der Waals surface area contributed by atoms with Crippen LogP contribution in [-0.2, 0) is 4.79 Å². The standard InChI is InChI=1S/C19H29N3O3/c1-24-17-9-16(10-18(11-17)25-2)21-15-5-7-22(8-6-15)19(23)13-20-12-14-3-4-14/h9-11,14-15,20-21H,3-8,12-13H2,1-2H3. The van der Waals surface area contributed by atoms with Gasteiger partial charge in [0.25, 0.3) is 0 Å². The number of nitrogens with zero attached hydrogens (tertiary/aromatic N) is 1. The second kappa shape index (κ2) is 8.43. The van der Waals surface area contributed by atoms with E-state index >= 15 is 0 Å². The van der Waals surface area contributed by atoms with Gasteiger partial charge in [-0.25, -0.2) is 0 Å². The fourth-order valence-electron chi connectivity index (χ4n) is 3.22. The Morgan fingerprint density at radius 2 is 1.72 bits per heavy atom. The molecule has 1 saturated heterocycles. The molecule has 2 fully saturated rings. The number of piperidine rings is 1. The van der Waals surface area contributed by atoms with E-state index in [0.717, 1.165) is 55.6 Å². The number of hydrogen-bond acceptors (Lipinski definition) is 5. The first-order valence-electron chi connectivity index (χ1n) is 9.16. The highest BCUT2D eigenvalue weighted by Gasteiger charge is 2.24. The molecule has 6 nitrogen and oxygen atoms in total. The monoisotopic (exact) mass is 347 g/mol. The summed E-state index contributed by atoms with van der Waals surface area (Å²) < 4.78 is 10.6. The zero-order valence-corrected chi connectivity index (χ0v) is 15.2. The molecule has 1 amide bonds. The van der Waals surface area contributed by atoms with E-state index in [9.17, 15) is 4.79 Å². The fraction of sp³-hybridized carbons (Fsp3) is 0.632. The fourth-order valence-corrected chi connectivity index (χ4v) is 3.22. The quantitative estimate of drug-likeness (QED) is 0.754. The van der Waals surface area contributed by atoms with Crippen molar-refractivity contribution < 1.29 is 14.3 Å². The van der Waals surface area contributed by atoms with Crippen molar-refractivity contribution in [1.29, 1.82) is 0 Å². The maximum atomic E-state index is 12.2. The van der Waals surface area contributed by atoms with Crippen LogP contribution >= 0.6 is 0 Å². The molecule has 0 aromatic heterocycles. The highest BCUT2D eigenvalue weighted by Crippen LogP contribution is 2.28. The summed E-state index contributed by atoms with van der Waals surface area (Å²) in [6, 6.07) is 6.17. The SMILES string of the molecule is COc1cc(NC2CCN(C(=O)CNCC3CC3)CC2)cc(OC)c1. The molecule has 6 heteroatoms. The van der Waals surface area contributed by atoms with Crippen molar-refractivity contribution in [2.75, 3.05) is 45.7 Å². The van der Waals surface area contributed by atoms with E-state index in [1.807, 2.05) is 23.1 Å². The minimum Gasteiger partial charge on any atom is -0.497 e. The Labute approximate surface area is 149 Å². The predicted octanol–water partition coefficient (Wildman–Crippen LogP) is 2.11. The first-order valence-corrected chi connectivity index (χ1v) is 9.16. The lowest BCUT2D eigenvalue weighted by molar-refractivity contribution is -0.131. The number of carbonyl (C=O) groups excluding carboxylic acids is 1. The maximum Gasteiger partial charge on any atom is 0.236 e. The third-order valence-electron chi connectivity index (χ3n) is 4.98. The molecule has 2 aliphatic rings. The van der Waals surface area contributed by atoms with Crippen molar-refractivity contribution in [2.45, 2.75) is 31.7 Å². The molecule has 1 aromatic rings. The Morgan fingerprint density at radius 1 is 1.08 bits per heavy atom. The minimum atomic E-state index is 0.224. The minimum absolute atomic E-state index is 0.224. The maximum absolute atomic E-state index is 12.2. The van der Waals surface area contributed by atoms with Gasteiger partial charge in [0.15, 0.2) is 0 Å². The van der Waals surface area contributed by atoms with E-state index in [4.69, 9.17) is 9.47 Å². The first-order chi connectivity index (χ1) is 12.2. The summed E-state index contributed by atoms with van der Waals surface area (Å²) in [5.74, 6) is 2.58. The van der Waals surface area contributed by atoms with Crippen molar-refractivity contribution in [3.8, 4) is 11.5 Å². The number of carbonyl (C=O) groups is 1. The van der Waals surface area contributed by atoms with Gasteiger partial charge in [-0.15, -0.1) is 0 Å². The highest BCUT2D eigenvalue weighted by molar-refractivity contribution is 5.78. The number of methoxy groups -OCH3 is 2. The van der Waals surface area contributed by atoms with Crippen LogP contribution in [0.15, 0.2) is 18.2 Å². The number of likely N-dealkylation sites (tertiary alicyclic amines) is 1. The summed E-state index contributed by atoms with van der Waals surface area (Å²) in [5.41, 5.74) is 0.993. The van der Waals surface area contributed by atoms with Gasteiger partial charge in [-0.1, -0.05) is 0 Å². The zero-order valence-electron chi connectivity index (χ0n) is 15.2. The molecule has 0 spiro atoms. The molecule has 1 saturated carbocycles. The van der Waals surface area contributed by atoms with Gasteiger partial charge in [0.1, 0.15) is 11.5 Å². The van der Waals surface area contributed by atoms with Gasteiger partial charge in [0, 0.05) is 43.0 Å². The van der Waals surface area contributed by atoms with Crippen LogP contribution in [0.5, 0.6) is 11.5 Å². The Kier molecular flexibility index (Phi) is 6.02. The van der Waals surface area contributed by atoms with Gasteiger partial charge in [-0.3, -0.25) is 4.79 Å². The van der Waals surface area contributed by atoms with Gasteiger partial charge in [-0.2, -0.15) is 0 Å². The zero-order chi connectivity index (χ0) is 17.6. The molecule has 0 bridgehead atoms. The summed E-state index contributed by atoms with van der Waals surface area (Å²) in [5, 5.41) is 6.83. The molecule has 1 aromatic carbocycles. The van der Waals surface area contributed by atoms with Crippen LogP contribution in [0.2, 0.25) is 0 Å². The van der Waals surface area contributed by atoms with Gasteiger partial charge in [-0.05, 0) is 38.1 Å². The molecular formula is C19H29N3O3. The topological polar surface area (TPSA) is 62.8 Å². The number of ether oxygens (including phenoxy) is 2. The Bertz CT molecular complexity index is 559. The average molecular weight is 347 g/mol. The largest absolute Gasteiger partial charge is 0.497 e. The molecule has 1 aliphatic carbocycles. The third kappa shape index (κ3) is 5.26. The van der Waals surface area contributed by atoms with E-state index in [0.29, 0.717) is 12.6 Å². The molecule has 1 aliphatic heterocycles. The summed E-state index contributed by atoms with van der Waals surface area (Å²) in [7, 11) is 3.31. The van der Waals surface area contributed by atoms with Gasteiger partial charge in [0.2, 0.25) is 5.91 Å². The molecular weight excluding hydrogens is 318 g/mol. The number of nitrogens with one attached hydrogen (secondary N) is 2. The highest BCUT2D eigenvalue weighted by atomic mass is 16.5. The van der Waals surface area contributed by atoms with Gasteiger partial charge >= 0.3 is 0 Å².